The minimum Gasteiger partial charge on any atom is -0.347 e. The number of carbonyl (C=O) groups is 2. The highest BCUT2D eigenvalue weighted by atomic mass is 32.1. The van der Waals surface area contributed by atoms with E-state index in [1.54, 1.807) is 35.7 Å². The van der Waals surface area contributed by atoms with E-state index in [1.165, 1.54) is 0 Å². The average molecular weight is 427 g/mol. The van der Waals surface area contributed by atoms with Gasteiger partial charge < -0.3 is 10.3 Å². The van der Waals surface area contributed by atoms with Crippen molar-refractivity contribution in [1.29, 1.82) is 0 Å². The van der Waals surface area contributed by atoms with Gasteiger partial charge >= 0.3 is 0 Å². The number of aromatic nitrogens is 3. The molecule has 2 aromatic carbocycles. The number of H-pyrrole nitrogens is 1. The largest absolute Gasteiger partial charge is 0.347 e. The van der Waals surface area contributed by atoms with Crippen molar-refractivity contribution >= 4 is 50.9 Å². The zero-order valence-electron chi connectivity index (χ0n) is 16.3. The molecule has 8 heteroatoms. The number of fused-ring (bicyclic) bond motifs is 2. The van der Waals surface area contributed by atoms with Gasteiger partial charge in [0.25, 0.3) is 11.8 Å². The highest BCUT2D eigenvalue weighted by Gasteiger charge is 2.16. The van der Waals surface area contributed by atoms with Crippen molar-refractivity contribution < 1.29 is 9.59 Å². The van der Waals surface area contributed by atoms with E-state index in [1.807, 2.05) is 47.8 Å². The average Bonchev–Trinajstić information content (AvgIpc) is 3.46. The normalized spacial score (nSPS) is 11.0. The maximum absolute atomic E-state index is 12.7. The van der Waals surface area contributed by atoms with Crippen molar-refractivity contribution in [2.24, 2.45) is 0 Å². The minimum absolute atomic E-state index is 0.223. The Hall–Kier alpha value is -4.04. The molecule has 0 aliphatic rings. The first-order chi connectivity index (χ1) is 15.2. The van der Waals surface area contributed by atoms with E-state index in [0.717, 1.165) is 15.6 Å². The fourth-order valence-corrected chi connectivity index (χ4v) is 3.97. The maximum Gasteiger partial charge on any atom is 0.276 e. The van der Waals surface area contributed by atoms with Gasteiger partial charge in [-0.2, -0.15) is 0 Å². The van der Waals surface area contributed by atoms with Crippen molar-refractivity contribution in [3.05, 3.63) is 88.4 Å². The molecule has 2 amide bonds. The summed E-state index contributed by atoms with van der Waals surface area (Å²) in [6, 6.07) is 18.6. The summed E-state index contributed by atoms with van der Waals surface area (Å²) in [5, 5.41) is 9.50. The number of nitrogens with one attached hydrogen (secondary N) is 3. The van der Waals surface area contributed by atoms with Gasteiger partial charge in [-0.3, -0.25) is 19.9 Å². The van der Waals surface area contributed by atoms with E-state index >= 15 is 0 Å². The summed E-state index contributed by atoms with van der Waals surface area (Å²) < 4.78 is 0. The Balaban J connectivity index is 1.37. The number of imidazole rings is 1. The van der Waals surface area contributed by atoms with Gasteiger partial charge in [-0.05, 0) is 35.0 Å². The van der Waals surface area contributed by atoms with E-state index < -0.39 is 0 Å². The van der Waals surface area contributed by atoms with Crippen molar-refractivity contribution in [3.8, 4) is 0 Å². The first kappa shape index (κ1) is 19.0. The molecule has 31 heavy (non-hydrogen) atoms. The van der Waals surface area contributed by atoms with Crippen LogP contribution in [-0.2, 0) is 6.54 Å². The molecule has 3 N–H and O–H groups in total. The number of thiophene rings is 1. The Bertz CT molecular complexity index is 1410. The highest BCUT2D eigenvalue weighted by Crippen LogP contribution is 2.20. The molecule has 3 heterocycles. The van der Waals surface area contributed by atoms with Crippen LogP contribution in [0, 0.1) is 0 Å². The number of rotatable bonds is 5. The fourth-order valence-electron chi connectivity index (χ4n) is 3.33. The fraction of sp³-hybridized carbons (Fsp3) is 0.0435. The molecule has 0 unspecified atom stereocenters. The zero-order chi connectivity index (χ0) is 21.2. The van der Waals surface area contributed by atoms with Crippen molar-refractivity contribution in [3.63, 3.8) is 0 Å². The van der Waals surface area contributed by atoms with Crippen LogP contribution < -0.4 is 10.6 Å². The minimum atomic E-state index is -0.381. The topological polar surface area (TPSA) is 99.8 Å². The first-order valence-corrected chi connectivity index (χ1v) is 10.5. The second-order valence-electron chi connectivity index (χ2n) is 6.92. The lowest BCUT2D eigenvalue weighted by molar-refractivity contribution is 0.0952. The monoisotopic (exact) mass is 427 g/mol. The lowest BCUT2D eigenvalue weighted by Gasteiger charge is -2.04. The molecule has 0 saturated heterocycles. The van der Waals surface area contributed by atoms with Crippen LogP contribution in [0.1, 0.15) is 25.7 Å². The van der Waals surface area contributed by atoms with E-state index in [4.69, 9.17) is 0 Å². The van der Waals surface area contributed by atoms with Gasteiger partial charge in [0.15, 0.2) is 0 Å². The number of para-hydroxylation sites is 1. The van der Waals surface area contributed by atoms with Crippen LogP contribution in [0.25, 0.3) is 21.8 Å². The van der Waals surface area contributed by atoms with Crippen molar-refractivity contribution in [1.82, 2.24) is 20.3 Å². The SMILES string of the molecule is O=C(Nc1nc2c(C(=O)NCc3cccs3)cccc2[nH]1)c1cc2ccccc2cn1. The lowest BCUT2D eigenvalue weighted by Crippen LogP contribution is -2.22. The lowest BCUT2D eigenvalue weighted by atomic mass is 10.1. The molecule has 0 bridgehead atoms. The van der Waals surface area contributed by atoms with Gasteiger partial charge in [-0.25, -0.2) is 4.98 Å². The van der Waals surface area contributed by atoms with Gasteiger partial charge in [0, 0.05) is 16.5 Å². The Morgan fingerprint density at radius 1 is 0.968 bits per heavy atom. The van der Waals surface area contributed by atoms with E-state index in [-0.39, 0.29) is 23.5 Å². The molecule has 0 aliphatic heterocycles. The Morgan fingerprint density at radius 2 is 1.84 bits per heavy atom. The van der Waals surface area contributed by atoms with E-state index in [0.29, 0.717) is 23.1 Å². The molecule has 0 spiro atoms. The summed E-state index contributed by atoms with van der Waals surface area (Å²) in [5.74, 6) is -0.346. The second-order valence-corrected chi connectivity index (χ2v) is 7.95. The number of benzene rings is 2. The number of pyridine rings is 1. The summed E-state index contributed by atoms with van der Waals surface area (Å²) in [4.78, 5) is 38.1. The second kappa shape index (κ2) is 8.00. The van der Waals surface area contributed by atoms with Crippen molar-refractivity contribution in [2.75, 3.05) is 5.32 Å². The van der Waals surface area contributed by atoms with Crippen LogP contribution in [0.5, 0.6) is 0 Å². The van der Waals surface area contributed by atoms with Gasteiger partial charge in [0.2, 0.25) is 5.95 Å². The number of anilines is 1. The van der Waals surface area contributed by atoms with Gasteiger partial charge in [-0.1, -0.05) is 36.4 Å². The number of hydrogen-bond donors (Lipinski definition) is 3. The number of amides is 2. The molecule has 152 valence electrons. The number of hydrogen-bond acceptors (Lipinski definition) is 5. The molecule has 0 fully saturated rings. The molecule has 5 aromatic rings. The summed E-state index contributed by atoms with van der Waals surface area (Å²) in [7, 11) is 0. The molecular formula is C23H17N5O2S. The summed E-state index contributed by atoms with van der Waals surface area (Å²) >= 11 is 1.58. The molecule has 0 saturated carbocycles. The Kier molecular flexibility index (Phi) is 4.89. The molecule has 3 aromatic heterocycles. The highest BCUT2D eigenvalue weighted by molar-refractivity contribution is 7.09. The van der Waals surface area contributed by atoms with Gasteiger partial charge in [-0.15, -0.1) is 11.3 Å². The van der Waals surface area contributed by atoms with Gasteiger partial charge in [0.1, 0.15) is 11.2 Å². The van der Waals surface area contributed by atoms with Crippen LogP contribution in [0.3, 0.4) is 0 Å². The molecule has 5 rings (SSSR count). The first-order valence-electron chi connectivity index (χ1n) is 9.63. The summed E-state index contributed by atoms with van der Waals surface area (Å²) in [6.07, 6.45) is 1.67. The third-order valence-electron chi connectivity index (χ3n) is 4.86. The molecule has 0 aliphatic carbocycles. The van der Waals surface area contributed by atoms with Crippen molar-refractivity contribution in [2.45, 2.75) is 6.54 Å². The molecule has 7 nitrogen and oxygen atoms in total. The third kappa shape index (κ3) is 3.88. The quantitative estimate of drug-likeness (QED) is 0.388. The smallest absolute Gasteiger partial charge is 0.276 e. The van der Waals surface area contributed by atoms with Crippen LogP contribution >= 0.6 is 11.3 Å². The molecule has 0 atom stereocenters. The summed E-state index contributed by atoms with van der Waals surface area (Å²) in [5.41, 5.74) is 1.88. The standard InChI is InChI=1S/C23H17N5O2S/c29-21(25-13-16-7-4-10-31-16)17-8-3-9-18-20(17)27-23(26-18)28-22(30)19-11-14-5-1-2-6-15(14)12-24-19/h1-12H,13H2,(H,25,29)(H2,26,27,28,30). The van der Waals surface area contributed by atoms with Crippen LogP contribution in [-0.4, -0.2) is 26.8 Å². The summed E-state index contributed by atoms with van der Waals surface area (Å²) in [6.45, 7) is 0.453. The van der Waals surface area contributed by atoms with E-state index in [2.05, 4.69) is 25.6 Å². The number of nitrogens with zero attached hydrogens (tertiary/aromatic N) is 2. The Labute approximate surface area is 181 Å². The van der Waals surface area contributed by atoms with E-state index in [9.17, 15) is 9.59 Å². The molecule has 0 radical (unpaired) electrons. The van der Waals surface area contributed by atoms with Crippen LogP contribution in [0.2, 0.25) is 0 Å². The molecular weight excluding hydrogens is 410 g/mol. The third-order valence-corrected chi connectivity index (χ3v) is 5.73. The van der Waals surface area contributed by atoms with Crippen LogP contribution in [0.4, 0.5) is 5.95 Å². The predicted molar refractivity (Wildman–Crippen MR) is 121 cm³/mol. The number of aromatic amines is 1. The maximum atomic E-state index is 12.7. The predicted octanol–water partition coefficient (Wildman–Crippen LogP) is 4.35. The number of carbonyl (C=O) groups excluding carboxylic acids is 2. The zero-order valence-corrected chi connectivity index (χ0v) is 17.1. The Morgan fingerprint density at radius 3 is 2.68 bits per heavy atom. The van der Waals surface area contributed by atoms with Gasteiger partial charge in [0.05, 0.1) is 17.6 Å². The van der Waals surface area contributed by atoms with Crippen LogP contribution in [0.15, 0.2) is 72.2 Å².